The van der Waals surface area contributed by atoms with Gasteiger partial charge < -0.3 is 10.6 Å². The average Bonchev–Trinajstić information content (AvgIpc) is 2.37. The Balaban J connectivity index is 2.27. The largest absolute Gasteiger partial charge is 0.348 e. The molecule has 9 heteroatoms. The molecule has 0 amide bonds. The van der Waals surface area contributed by atoms with Gasteiger partial charge in [-0.3, -0.25) is 19.7 Å². The second kappa shape index (κ2) is 3.69. The first-order chi connectivity index (χ1) is 8.91. The van der Waals surface area contributed by atoms with E-state index in [0.717, 1.165) is 0 Å². The van der Waals surface area contributed by atoms with Crippen LogP contribution in [-0.2, 0) is 0 Å². The van der Waals surface area contributed by atoms with Crippen LogP contribution in [0.25, 0.3) is 0 Å². The minimum absolute atomic E-state index is 0.000936. The predicted molar refractivity (Wildman–Crippen MR) is 71.0 cm³/mol. The van der Waals surface area contributed by atoms with Crippen LogP contribution in [0.4, 0.5) is 28.4 Å². The van der Waals surface area contributed by atoms with Gasteiger partial charge in [0.2, 0.25) is 0 Å². The Bertz CT molecular complexity index is 823. The minimum atomic E-state index is -0.728. The van der Waals surface area contributed by atoms with Crippen LogP contribution in [0.2, 0.25) is 10.0 Å². The molecule has 19 heavy (non-hydrogen) atoms. The molecule has 0 aromatic heterocycles. The van der Waals surface area contributed by atoms with Crippen LogP contribution < -0.4 is 21.5 Å². The lowest BCUT2D eigenvalue weighted by atomic mass is 10.1. The van der Waals surface area contributed by atoms with Crippen molar-refractivity contribution < 1.29 is 4.92 Å². The number of nitrogens with one attached hydrogen (secondary N) is 2. The topological polar surface area (TPSA) is 101 Å². The highest BCUT2D eigenvalue weighted by atomic mass is 35.5. The maximum absolute atomic E-state index is 11.3. The summed E-state index contributed by atoms with van der Waals surface area (Å²) < 4.78 is 0. The number of benzene rings is 1. The molecule has 2 N–H and O–H groups in total. The quantitative estimate of drug-likeness (QED) is 0.406. The molecule has 0 atom stereocenters. The van der Waals surface area contributed by atoms with E-state index in [1.165, 1.54) is 6.07 Å². The maximum atomic E-state index is 11.3. The summed E-state index contributed by atoms with van der Waals surface area (Å²) in [5, 5.41) is 16.0. The van der Waals surface area contributed by atoms with Gasteiger partial charge in [-0.1, -0.05) is 23.2 Å². The highest BCUT2D eigenvalue weighted by molar-refractivity contribution is 6.44. The average molecular weight is 300 g/mol. The molecule has 0 saturated heterocycles. The van der Waals surface area contributed by atoms with E-state index in [1.54, 1.807) is 0 Å². The third kappa shape index (κ3) is 1.45. The molecule has 1 heterocycles. The molecular weight excluding hydrogens is 297 g/mol. The summed E-state index contributed by atoms with van der Waals surface area (Å²) in [6.45, 7) is 0. The lowest BCUT2D eigenvalue weighted by Crippen LogP contribution is -2.37. The molecule has 2 aromatic carbocycles. The van der Waals surface area contributed by atoms with Crippen LogP contribution in [0.5, 0.6) is 0 Å². The zero-order valence-corrected chi connectivity index (χ0v) is 10.4. The number of fused-ring (bicyclic) bond motifs is 2. The zero-order valence-electron chi connectivity index (χ0n) is 8.91. The Morgan fingerprint density at radius 2 is 1.63 bits per heavy atom. The summed E-state index contributed by atoms with van der Waals surface area (Å²) in [4.78, 5) is 32.9. The van der Waals surface area contributed by atoms with Gasteiger partial charge >= 0.3 is 5.69 Å². The van der Waals surface area contributed by atoms with Gasteiger partial charge in [0.15, 0.2) is 0 Å². The van der Waals surface area contributed by atoms with Crippen molar-refractivity contribution in [1.29, 1.82) is 0 Å². The van der Waals surface area contributed by atoms with Crippen molar-refractivity contribution in [2.75, 3.05) is 10.6 Å². The molecule has 0 fully saturated rings. The molecule has 0 spiro atoms. The summed E-state index contributed by atoms with van der Waals surface area (Å²) in [5.41, 5.74) is -1.55. The van der Waals surface area contributed by atoms with E-state index in [9.17, 15) is 19.7 Å². The fraction of sp³-hybridized carbons (Fsp3) is 0. The molecule has 0 bridgehead atoms. The molecule has 96 valence electrons. The highest BCUT2D eigenvalue weighted by Crippen LogP contribution is 2.48. The van der Waals surface area contributed by atoms with Crippen LogP contribution in [-0.4, -0.2) is 4.92 Å². The van der Waals surface area contributed by atoms with Gasteiger partial charge in [0.1, 0.15) is 22.1 Å². The Hall–Kier alpha value is -2.12. The molecule has 1 aliphatic rings. The van der Waals surface area contributed by atoms with Crippen molar-refractivity contribution in [3.63, 3.8) is 0 Å². The number of hydrogen-bond acceptors (Lipinski definition) is 6. The first-order valence-corrected chi connectivity index (χ1v) is 5.71. The van der Waals surface area contributed by atoms with Gasteiger partial charge in [-0.25, -0.2) is 0 Å². The van der Waals surface area contributed by atoms with Gasteiger partial charge in [0, 0.05) is 0 Å². The second-order valence-electron chi connectivity index (χ2n) is 3.86. The number of hydrogen-bond donors (Lipinski definition) is 2. The Labute approximate surface area is 114 Å². The number of rotatable bonds is 1. The molecule has 0 radical (unpaired) electrons. The van der Waals surface area contributed by atoms with E-state index < -0.39 is 21.5 Å². The van der Waals surface area contributed by atoms with Crippen LogP contribution in [0, 0.1) is 10.1 Å². The summed E-state index contributed by atoms with van der Waals surface area (Å²) in [5.74, 6) is 0. The monoisotopic (exact) mass is 299 g/mol. The van der Waals surface area contributed by atoms with Gasteiger partial charge in [0.25, 0.3) is 10.9 Å². The molecular formula is C10H3Cl2N3O4. The Kier molecular flexibility index (Phi) is 2.32. The SMILES string of the molecule is O=c1c2c(c1=O)Nc1c(cc(Cl)c(Cl)c1[N+](=O)[O-])N2. The van der Waals surface area contributed by atoms with E-state index >= 15 is 0 Å². The minimum Gasteiger partial charge on any atom is -0.348 e. The standard InChI is InChI=1S/C10H3Cl2N3O4/c11-2-1-3-5(8(4(2)12)15(18)19)14-7-6(13-3)9(16)10(7)17/h1,13-14H. The number of nitro groups is 1. The number of halogens is 2. The summed E-state index contributed by atoms with van der Waals surface area (Å²) in [6.07, 6.45) is 0. The van der Waals surface area contributed by atoms with Crippen LogP contribution in [0.1, 0.15) is 0 Å². The third-order valence-corrected chi connectivity index (χ3v) is 3.57. The van der Waals surface area contributed by atoms with Crippen LogP contribution in [0.3, 0.4) is 0 Å². The van der Waals surface area contributed by atoms with Crippen LogP contribution in [0.15, 0.2) is 15.7 Å². The van der Waals surface area contributed by atoms with Crippen molar-refractivity contribution in [3.8, 4) is 0 Å². The van der Waals surface area contributed by atoms with E-state index in [2.05, 4.69) is 10.6 Å². The first kappa shape index (κ1) is 11.9. The summed E-state index contributed by atoms with van der Waals surface area (Å²) >= 11 is 11.6. The van der Waals surface area contributed by atoms with E-state index in [1.807, 2.05) is 0 Å². The molecule has 1 aliphatic heterocycles. The van der Waals surface area contributed by atoms with Gasteiger partial charge in [-0.15, -0.1) is 0 Å². The maximum Gasteiger partial charge on any atom is 0.314 e. The zero-order chi connectivity index (χ0) is 13.9. The van der Waals surface area contributed by atoms with E-state index in [0.29, 0.717) is 0 Å². The van der Waals surface area contributed by atoms with E-state index in [-0.39, 0.29) is 32.8 Å². The van der Waals surface area contributed by atoms with Crippen molar-refractivity contribution in [3.05, 3.63) is 46.7 Å². The van der Waals surface area contributed by atoms with Crippen LogP contribution >= 0.6 is 23.2 Å². The third-order valence-electron chi connectivity index (χ3n) is 2.80. The first-order valence-electron chi connectivity index (χ1n) is 4.95. The van der Waals surface area contributed by atoms with Gasteiger partial charge in [-0.05, 0) is 6.07 Å². The van der Waals surface area contributed by atoms with Gasteiger partial charge in [0.05, 0.1) is 15.6 Å². The molecule has 0 saturated carbocycles. The fourth-order valence-corrected chi connectivity index (χ4v) is 2.32. The number of nitrogens with zero attached hydrogens (tertiary/aromatic N) is 1. The second-order valence-corrected chi connectivity index (χ2v) is 4.64. The highest BCUT2D eigenvalue weighted by Gasteiger charge is 2.33. The van der Waals surface area contributed by atoms with Gasteiger partial charge in [-0.2, -0.15) is 0 Å². The smallest absolute Gasteiger partial charge is 0.314 e. The van der Waals surface area contributed by atoms with Crippen molar-refractivity contribution in [2.24, 2.45) is 0 Å². The molecule has 2 aromatic rings. The lowest BCUT2D eigenvalue weighted by molar-refractivity contribution is -0.383. The summed E-state index contributed by atoms with van der Waals surface area (Å²) in [6, 6.07) is 1.35. The lowest BCUT2D eigenvalue weighted by Gasteiger charge is -2.23. The fourth-order valence-electron chi connectivity index (χ4n) is 1.90. The summed E-state index contributed by atoms with van der Waals surface area (Å²) in [7, 11) is 0. The van der Waals surface area contributed by atoms with Crippen molar-refractivity contribution in [1.82, 2.24) is 0 Å². The molecule has 0 aliphatic carbocycles. The molecule has 3 rings (SSSR count). The Morgan fingerprint density at radius 3 is 2.21 bits per heavy atom. The van der Waals surface area contributed by atoms with Crippen molar-refractivity contribution in [2.45, 2.75) is 0 Å². The van der Waals surface area contributed by atoms with E-state index in [4.69, 9.17) is 23.2 Å². The van der Waals surface area contributed by atoms with Crippen molar-refractivity contribution >= 4 is 51.6 Å². The molecule has 0 unspecified atom stereocenters. The molecule has 7 nitrogen and oxygen atoms in total. The Morgan fingerprint density at radius 1 is 1.05 bits per heavy atom. The predicted octanol–water partition coefficient (Wildman–Crippen LogP) is 2.30. The number of nitro benzene ring substituents is 1. The number of anilines is 4. The normalized spacial score (nSPS) is 12.3.